The molecule has 1 unspecified atom stereocenters. The van der Waals surface area contributed by atoms with Crippen molar-refractivity contribution in [2.45, 2.75) is 12.2 Å². The van der Waals surface area contributed by atoms with E-state index in [1.54, 1.807) is 18.2 Å². The number of nitrogens with two attached hydrogens (primary N) is 1. The van der Waals surface area contributed by atoms with Gasteiger partial charge in [-0.05, 0) is 41.5 Å². The van der Waals surface area contributed by atoms with E-state index in [4.69, 9.17) is 10.5 Å². The Morgan fingerprint density at radius 3 is 2.24 bits per heavy atom. The fraction of sp³-hybridized carbons (Fsp3) is 0.200. The van der Waals surface area contributed by atoms with Crippen molar-refractivity contribution in [2.75, 3.05) is 7.11 Å². The Bertz CT molecular complexity index is 626. The molecule has 0 heterocycles. The van der Waals surface area contributed by atoms with E-state index < -0.39 is 17.8 Å². The first-order chi connectivity index (χ1) is 9.82. The van der Waals surface area contributed by atoms with Gasteiger partial charge in [0.15, 0.2) is 0 Å². The highest BCUT2D eigenvalue weighted by Gasteiger charge is 2.30. The average Bonchev–Trinajstić information content (AvgIpc) is 2.46. The quantitative estimate of drug-likeness (QED) is 0.873. The van der Waals surface area contributed by atoms with E-state index in [9.17, 15) is 13.2 Å². The molecular formula is C15H13BrF3NO. The van der Waals surface area contributed by atoms with Gasteiger partial charge >= 0.3 is 6.18 Å². The van der Waals surface area contributed by atoms with Crippen LogP contribution < -0.4 is 10.5 Å². The van der Waals surface area contributed by atoms with Crippen molar-refractivity contribution >= 4 is 15.9 Å². The molecule has 0 aliphatic carbocycles. The minimum atomic E-state index is -4.35. The van der Waals surface area contributed by atoms with Crippen LogP contribution in [0.3, 0.4) is 0 Å². The van der Waals surface area contributed by atoms with Gasteiger partial charge in [-0.15, -0.1) is 0 Å². The fourth-order valence-electron chi connectivity index (χ4n) is 1.95. The van der Waals surface area contributed by atoms with Gasteiger partial charge in [0.1, 0.15) is 5.75 Å². The van der Waals surface area contributed by atoms with Crippen LogP contribution in [0.2, 0.25) is 0 Å². The second-order valence-corrected chi connectivity index (χ2v) is 5.34. The zero-order valence-electron chi connectivity index (χ0n) is 11.1. The summed E-state index contributed by atoms with van der Waals surface area (Å²) >= 11 is 3.39. The molecule has 0 aliphatic heterocycles. The Morgan fingerprint density at radius 2 is 1.71 bits per heavy atom. The van der Waals surface area contributed by atoms with Crippen LogP contribution in [0.1, 0.15) is 22.7 Å². The van der Waals surface area contributed by atoms with Gasteiger partial charge in [-0.25, -0.2) is 0 Å². The van der Waals surface area contributed by atoms with Crippen molar-refractivity contribution in [3.05, 3.63) is 63.6 Å². The summed E-state index contributed by atoms with van der Waals surface area (Å²) in [6.07, 6.45) is -4.35. The van der Waals surface area contributed by atoms with Crippen molar-refractivity contribution in [1.29, 1.82) is 0 Å². The lowest BCUT2D eigenvalue weighted by molar-refractivity contribution is -0.137. The van der Waals surface area contributed by atoms with Gasteiger partial charge in [-0.2, -0.15) is 13.2 Å². The standard InChI is InChI=1S/C15H13BrF3NO/c1-21-11-6-7-13(16)12(8-11)14(20)9-2-4-10(5-3-9)15(17,18)19/h2-8,14H,20H2,1H3. The lowest BCUT2D eigenvalue weighted by Gasteiger charge is -2.16. The van der Waals surface area contributed by atoms with Crippen molar-refractivity contribution in [1.82, 2.24) is 0 Å². The van der Waals surface area contributed by atoms with Crippen LogP contribution in [0.15, 0.2) is 46.9 Å². The summed E-state index contributed by atoms with van der Waals surface area (Å²) in [5.41, 5.74) is 6.78. The number of ether oxygens (including phenoxy) is 1. The first kappa shape index (κ1) is 15.9. The fourth-order valence-corrected chi connectivity index (χ4v) is 2.44. The largest absolute Gasteiger partial charge is 0.497 e. The molecule has 2 rings (SSSR count). The zero-order valence-corrected chi connectivity index (χ0v) is 12.7. The summed E-state index contributed by atoms with van der Waals surface area (Å²) < 4.78 is 43.6. The van der Waals surface area contributed by atoms with E-state index in [1.807, 2.05) is 0 Å². The van der Waals surface area contributed by atoms with Crippen molar-refractivity contribution in [3.63, 3.8) is 0 Å². The minimum absolute atomic E-state index is 0.545. The van der Waals surface area contributed by atoms with Crippen molar-refractivity contribution < 1.29 is 17.9 Å². The molecule has 0 fully saturated rings. The summed E-state index contributed by atoms with van der Waals surface area (Å²) in [6, 6.07) is 9.61. The third-order valence-corrected chi connectivity index (χ3v) is 3.86. The van der Waals surface area contributed by atoms with E-state index in [1.165, 1.54) is 19.2 Å². The number of hydrogen-bond donors (Lipinski definition) is 1. The monoisotopic (exact) mass is 359 g/mol. The molecule has 6 heteroatoms. The van der Waals surface area contributed by atoms with E-state index in [0.29, 0.717) is 11.3 Å². The number of benzene rings is 2. The molecule has 2 N–H and O–H groups in total. The summed E-state index contributed by atoms with van der Waals surface area (Å²) in [5, 5.41) is 0. The molecule has 2 nitrogen and oxygen atoms in total. The lowest BCUT2D eigenvalue weighted by atomic mass is 9.98. The van der Waals surface area contributed by atoms with Gasteiger partial charge < -0.3 is 10.5 Å². The van der Waals surface area contributed by atoms with E-state index >= 15 is 0 Å². The predicted molar refractivity (Wildman–Crippen MR) is 78.2 cm³/mol. The third-order valence-electron chi connectivity index (χ3n) is 3.14. The summed E-state index contributed by atoms with van der Waals surface area (Å²) in [4.78, 5) is 0. The number of halogens is 4. The average molecular weight is 360 g/mol. The van der Waals surface area contributed by atoms with Gasteiger partial charge in [0.25, 0.3) is 0 Å². The molecule has 2 aromatic carbocycles. The predicted octanol–water partition coefficient (Wildman–Crippen LogP) is 4.52. The highest BCUT2D eigenvalue weighted by atomic mass is 79.9. The highest BCUT2D eigenvalue weighted by molar-refractivity contribution is 9.10. The first-order valence-corrected chi connectivity index (χ1v) is 6.88. The third kappa shape index (κ3) is 3.57. The molecule has 1 atom stereocenters. The number of rotatable bonds is 3. The van der Waals surface area contributed by atoms with E-state index in [0.717, 1.165) is 22.2 Å². The molecule has 0 bridgehead atoms. The second kappa shape index (κ2) is 6.07. The Labute approximate surface area is 128 Å². The summed E-state index contributed by atoms with van der Waals surface area (Å²) in [5.74, 6) is 0.635. The van der Waals surface area contributed by atoms with Crippen molar-refractivity contribution in [3.8, 4) is 5.75 Å². The van der Waals surface area contributed by atoms with Crippen LogP contribution in [0.4, 0.5) is 13.2 Å². The Hall–Kier alpha value is -1.53. The van der Waals surface area contributed by atoms with Crippen LogP contribution in [0.5, 0.6) is 5.75 Å². The Morgan fingerprint density at radius 1 is 1.10 bits per heavy atom. The molecule has 21 heavy (non-hydrogen) atoms. The number of hydrogen-bond acceptors (Lipinski definition) is 2. The minimum Gasteiger partial charge on any atom is -0.497 e. The van der Waals surface area contributed by atoms with Gasteiger partial charge in [0, 0.05) is 4.47 Å². The molecule has 0 saturated heterocycles. The highest BCUT2D eigenvalue weighted by Crippen LogP contribution is 2.33. The van der Waals surface area contributed by atoms with Gasteiger partial charge in [0.2, 0.25) is 0 Å². The molecule has 112 valence electrons. The molecule has 0 aromatic heterocycles. The van der Waals surface area contributed by atoms with Crippen LogP contribution in [0.25, 0.3) is 0 Å². The number of methoxy groups -OCH3 is 1. The molecule has 0 amide bonds. The van der Waals surface area contributed by atoms with Crippen LogP contribution in [-0.2, 0) is 6.18 Å². The first-order valence-electron chi connectivity index (χ1n) is 6.09. The number of alkyl halides is 3. The van der Waals surface area contributed by atoms with Gasteiger partial charge in [-0.3, -0.25) is 0 Å². The lowest BCUT2D eigenvalue weighted by Crippen LogP contribution is -2.13. The molecule has 0 aliphatic rings. The molecule has 2 aromatic rings. The Kier molecular flexibility index (Phi) is 4.58. The summed E-state index contributed by atoms with van der Waals surface area (Å²) in [7, 11) is 1.54. The SMILES string of the molecule is COc1ccc(Br)c(C(N)c2ccc(C(F)(F)F)cc2)c1. The normalized spacial score (nSPS) is 13.0. The molecule has 0 saturated carbocycles. The van der Waals surface area contributed by atoms with Crippen LogP contribution in [-0.4, -0.2) is 7.11 Å². The molecule has 0 spiro atoms. The van der Waals surface area contributed by atoms with E-state index in [2.05, 4.69) is 15.9 Å². The van der Waals surface area contributed by atoms with Gasteiger partial charge in [0.05, 0.1) is 18.7 Å². The molecule has 0 radical (unpaired) electrons. The second-order valence-electron chi connectivity index (χ2n) is 4.48. The van der Waals surface area contributed by atoms with Crippen LogP contribution in [0, 0.1) is 0 Å². The maximum atomic E-state index is 12.6. The topological polar surface area (TPSA) is 35.2 Å². The Balaban J connectivity index is 2.34. The smallest absolute Gasteiger partial charge is 0.416 e. The summed E-state index contributed by atoms with van der Waals surface area (Å²) in [6.45, 7) is 0. The zero-order chi connectivity index (χ0) is 15.6. The molecular weight excluding hydrogens is 347 g/mol. The van der Waals surface area contributed by atoms with Crippen molar-refractivity contribution in [2.24, 2.45) is 5.73 Å². The maximum absolute atomic E-state index is 12.6. The maximum Gasteiger partial charge on any atom is 0.416 e. The van der Waals surface area contributed by atoms with Gasteiger partial charge in [-0.1, -0.05) is 28.1 Å². The van der Waals surface area contributed by atoms with Crippen LogP contribution >= 0.6 is 15.9 Å². The van der Waals surface area contributed by atoms with E-state index in [-0.39, 0.29) is 0 Å².